The van der Waals surface area contributed by atoms with Crippen LogP contribution in [0, 0.1) is 6.92 Å². The summed E-state index contributed by atoms with van der Waals surface area (Å²) in [5.74, 6) is 0.724. The van der Waals surface area contributed by atoms with Crippen LogP contribution in [0.15, 0.2) is 24.3 Å². The van der Waals surface area contributed by atoms with Crippen molar-refractivity contribution in [2.45, 2.75) is 38.8 Å². The van der Waals surface area contributed by atoms with Gasteiger partial charge in [-0.05, 0) is 44.4 Å². The smallest absolute Gasteiger partial charge is 0.260 e. The van der Waals surface area contributed by atoms with Crippen LogP contribution in [0.25, 0.3) is 0 Å². The number of aryl methyl sites for hydroxylation is 1. The minimum absolute atomic E-state index is 0.0241. The molecule has 1 aliphatic rings. The second kappa shape index (κ2) is 4.56. The van der Waals surface area contributed by atoms with Crippen molar-refractivity contribution in [3.8, 4) is 5.75 Å². The highest BCUT2D eigenvalue weighted by Gasteiger charge is 2.26. The molecule has 0 heterocycles. The van der Waals surface area contributed by atoms with Crippen LogP contribution in [0.2, 0.25) is 0 Å². The lowest BCUT2D eigenvalue weighted by molar-refractivity contribution is -0.127. The largest absolute Gasteiger partial charge is 0.481 e. The van der Waals surface area contributed by atoms with Gasteiger partial charge in [0.25, 0.3) is 5.91 Å². The van der Waals surface area contributed by atoms with Crippen LogP contribution < -0.4 is 10.1 Å². The maximum absolute atomic E-state index is 11.6. The van der Waals surface area contributed by atoms with E-state index in [2.05, 4.69) is 5.32 Å². The van der Waals surface area contributed by atoms with Crippen molar-refractivity contribution in [2.75, 3.05) is 0 Å². The molecule has 1 aromatic rings. The first-order valence-corrected chi connectivity index (χ1v) is 5.69. The second-order valence-corrected chi connectivity index (χ2v) is 4.36. The van der Waals surface area contributed by atoms with E-state index < -0.39 is 6.10 Å². The van der Waals surface area contributed by atoms with Gasteiger partial charge in [-0.2, -0.15) is 0 Å². The third-order valence-electron chi connectivity index (χ3n) is 2.60. The molecular weight excluding hydrogens is 202 g/mol. The van der Waals surface area contributed by atoms with Crippen LogP contribution in [0.4, 0.5) is 0 Å². The van der Waals surface area contributed by atoms with Gasteiger partial charge in [-0.15, -0.1) is 0 Å². The Morgan fingerprint density at radius 3 is 2.88 bits per heavy atom. The third kappa shape index (κ3) is 2.99. The van der Waals surface area contributed by atoms with Gasteiger partial charge < -0.3 is 10.1 Å². The van der Waals surface area contributed by atoms with E-state index in [0.29, 0.717) is 6.04 Å². The normalized spacial score (nSPS) is 16.6. The van der Waals surface area contributed by atoms with Crippen LogP contribution in [0.1, 0.15) is 25.3 Å². The van der Waals surface area contributed by atoms with Crippen molar-refractivity contribution in [1.82, 2.24) is 5.32 Å². The van der Waals surface area contributed by atoms with Crippen molar-refractivity contribution < 1.29 is 9.53 Å². The average molecular weight is 219 g/mol. The summed E-state index contributed by atoms with van der Waals surface area (Å²) in [5, 5.41) is 2.92. The molecule has 0 saturated heterocycles. The number of carbonyl (C=O) groups is 1. The fourth-order valence-corrected chi connectivity index (χ4v) is 1.49. The van der Waals surface area contributed by atoms with Crippen molar-refractivity contribution in [3.63, 3.8) is 0 Å². The summed E-state index contributed by atoms with van der Waals surface area (Å²) in [6.45, 7) is 3.78. The van der Waals surface area contributed by atoms with Gasteiger partial charge in [0.2, 0.25) is 0 Å². The molecule has 0 bridgehead atoms. The second-order valence-electron chi connectivity index (χ2n) is 4.36. The molecule has 86 valence electrons. The van der Waals surface area contributed by atoms with Crippen molar-refractivity contribution in [3.05, 3.63) is 29.8 Å². The number of hydrogen-bond donors (Lipinski definition) is 1. The van der Waals surface area contributed by atoms with Crippen LogP contribution in [-0.2, 0) is 4.79 Å². The van der Waals surface area contributed by atoms with Crippen molar-refractivity contribution in [1.29, 1.82) is 0 Å². The predicted molar refractivity (Wildman–Crippen MR) is 62.4 cm³/mol. The minimum atomic E-state index is -0.428. The van der Waals surface area contributed by atoms with Crippen LogP contribution >= 0.6 is 0 Å². The molecule has 0 spiro atoms. The molecule has 1 saturated carbocycles. The molecule has 1 aromatic carbocycles. The summed E-state index contributed by atoms with van der Waals surface area (Å²) in [5.41, 5.74) is 1.13. The molecule has 1 amide bonds. The Morgan fingerprint density at radius 2 is 2.25 bits per heavy atom. The molecule has 0 unspecified atom stereocenters. The number of rotatable bonds is 4. The van der Waals surface area contributed by atoms with E-state index >= 15 is 0 Å². The maximum Gasteiger partial charge on any atom is 0.260 e. The molecule has 1 fully saturated rings. The van der Waals surface area contributed by atoms with Crippen LogP contribution in [0.3, 0.4) is 0 Å². The molecule has 2 rings (SSSR count). The van der Waals surface area contributed by atoms with E-state index in [-0.39, 0.29) is 5.91 Å². The number of benzene rings is 1. The van der Waals surface area contributed by atoms with Crippen molar-refractivity contribution in [2.24, 2.45) is 0 Å². The quantitative estimate of drug-likeness (QED) is 0.841. The number of ether oxygens (including phenoxy) is 1. The van der Waals surface area contributed by atoms with E-state index in [1.54, 1.807) is 6.92 Å². The SMILES string of the molecule is Cc1cccc(O[C@@H](C)C(=O)NC2CC2)c1. The molecule has 3 heteroatoms. The Morgan fingerprint density at radius 1 is 1.50 bits per heavy atom. The van der Waals surface area contributed by atoms with Gasteiger partial charge in [-0.25, -0.2) is 0 Å². The number of nitrogens with one attached hydrogen (secondary N) is 1. The van der Waals surface area contributed by atoms with E-state index in [4.69, 9.17) is 4.74 Å². The number of carbonyl (C=O) groups excluding carboxylic acids is 1. The summed E-state index contributed by atoms with van der Waals surface area (Å²) < 4.78 is 5.57. The van der Waals surface area contributed by atoms with Crippen LogP contribution in [-0.4, -0.2) is 18.1 Å². The summed E-state index contributed by atoms with van der Waals surface area (Å²) in [6.07, 6.45) is 1.77. The molecule has 0 aliphatic heterocycles. The molecule has 16 heavy (non-hydrogen) atoms. The lowest BCUT2D eigenvalue weighted by atomic mass is 10.2. The van der Waals surface area contributed by atoms with Gasteiger partial charge in [-0.1, -0.05) is 12.1 Å². The zero-order valence-corrected chi connectivity index (χ0v) is 9.69. The highest BCUT2D eigenvalue weighted by molar-refractivity contribution is 5.81. The fraction of sp³-hybridized carbons (Fsp3) is 0.462. The molecule has 3 nitrogen and oxygen atoms in total. The lowest BCUT2D eigenvalue weighted by Crippen LogP contribution is -2.37. The highest BCUT2D eigenvalue weighted by atomic mass is 16.5. The van der Waals surface area contributed by atoms with Gasteiger partial charge >= 0.3 is 0 Å². The van der Waals surface area contributed by atoms with E-state index in [9.17, 15) is 4.79 Å². The number of hydrogen-bond acceptors (Lipinski definition) is 2. The zero-order valence-electron chi connectivity index (χ0n) is 9.69. The van der Waals surface area contributed by atoms with E-state index in [1.807, 2.05) is 31.2 Å². The fourth-order valence-electron chi connectivity index (χ4n) is 1.49. The average Bonchev–Trinajstić information content (AvgIpc) is 3.01. The first kappa shape index (κ1) is 11.0. The van der Waals surface area contributed by atoms with E-state index in [0.717, 1.165) is 24.2 Å². The Labute approximate surface area is 95.8 Å². The Hall–Kier alpha value is -1.51. The Kier molecular flexibility index (Phi) is 3.13. The monoisotopic (exact) mass is 219 g/mol. The van der Waals surface area contributed by atoms with Gasteiger partial charge in [0, 0.05) is 6.04 Å². The molecular formula is C13H17NO2. The maximum atomic E-state index is 11.6. The van der Waals surface area contributed by atoms with E-state index in [1.165, 1.54) is 0 Å². The summed E-state index contributed by atoms with van der Waals surface area (Å²) in [4.78, 5) is 11.6. The van der Waals surface area contributed by atoms with Gasteiger partial charge in [-0.3, -0.25) is 4.79 Å². The molecule has 0 radical (unpaired) electrons. The van der Waals surface area contributed by atoms with Crippen LogP contribution in [0.5, 0.6) is 5.75 Å². The van der Waals surface area contributed by atoms with Gasteiger partial charge in [0.05, 0.1) is 0 Å². The molecule has 1 atom stereocenters. The molecule has 1 N–H and O–H groups in total. The first-order valence-electron chi connectivity index (χ1n) is 5.69. The highest BCUT2D eigenvalue weighted by Crippen LogP contribution is 2.19. The minimum Gasteiger partial charge on any atom is -0.481 e. The Bertz CT molecular complexity index is 385. The molecule has 1 aliphatic carbocycles. The lowest BCUT2D eigenvalue weighted by Gasteiger charge is -2.14. The van der Waals surface area contributed by atoms with Gasteiger partial charge in [0.15, 0.2) is 6.10 Å². The first-order chi connectivity index (χ1) is 7.65. The summed E-state index contributed by atoms with van der Waals surface area (Å²) >= 11 is 0. The topological polar surface area (TPSA) is 38.3 Å². The third-order valence-corrected chi connectivity index (χ3v) is 2.60. The van der Waals surface area contributed by atoms with Gasteiger partial charge in [0.1, 0.15) is 5.75 Å². The Balaban J connectivity index is 1.90. The standard InChI is InChI=1S/C13H17NO2/c1-9-4-3-5-12(8-9)16-10(2)13(15)14-11-6-7-11/h3-5,8,10-11H,6-7H2,1-2H3,(H,14,15)/t10-/m0/s1. The predicted octanol–water partition coefficient (Wildman–Crippen LogP) is 2.04. The van der Waals surface area contributed by atoms with Crippen molar-refractivity contribution >= 4 is 5.91 Å². The summed E-state index contributed by atoms with van der Waals surface area (Å²) in [7, 11) is 0. The molecule has 0 aromatic heterocycles. The zero-order chi connectivity index (χ0) is 11.5. The summed E-state index contributed by atoms with van der Waals surface area (Å²) in [6, 6.07) is 8.11. The number of amides is 1.